The number of ketones is 1. The number of nitriles is 1. The van der Waals surface area contributed by atoms with Crippen molar-refractivity contribution in [2.45, 2.75) is 25.7 Å². The van der Waals surface area contributed by atoms with Crippen molar-refractivity contribution in [3.8, 4) is 11.9 Å². The molecular formula is C23H25N7O2. The van der Waals surface area contributed by atoms with Crippen molar-refractivity contribution in [3.63, 3.8) is 0 Å². The summed E-state index contributed by atoms with van der Waals surface area (Å²) in [6.45, 7) is 4.11. The molecule has 2 aliphatic rings. The minimum atomic E-state index is 0.0295. The van der Waals surface area contributed by atoms with Gasteiger partial charge in [-0.15, -0.1) is 0 Å². The Hall–Kier alpha value is -3.67. The standard InChI is InChI=1S/C23H25N7O2/c1-3-19(31)14-6-15(18(7-14)13-4-5-13)12-32-22-20-16(8-24)9-25-21(20)28-23(29-22)27-17-10-26-30(2)11-17/h3,9-11,13-15,18H,1,4-7,12H2,2H3,(H2,25,27,28,29)/t14?,15-,18-/m0/s1. The van der Waals surface area contributed by atoms with Crippen LogP contribution in [0.25, 0.3) is 11.0 Å². The Morgan fingerprint density at radius 1 is 1.44 bits per heavy atom. The first-order valence-corrected chi connectivity index (χ1v) is 10.9. The Morgan fingerprint density at radius 3 is 2.97 bits per heavy atom. The van der Waals surface area contributed by atoms with E-state index in [9.17, 15) is 10.1 Å². The Labute approximate surface area is 185 Å². The van der Waals surface area contributed by atoms with E-state index >= 15 is 0 Å². The predicted octanol–water partition coefficient (Wildman–Crippen LogP) is 3.49. The van der Waals surface area contributed by atoms with E-state index in [1.165, 1.54) is 18.9 Å². The third-order valence-corrected chi connectivity index (χ3v) is 6.59. The molecule has 5 rings (SSSR count). The number of ether oxygens (including phenoxy) is 1. The SMILES string of the molecule is C=CC(=O)C1C[C@@H](COc2nc(Nc3cnn(C)c3)nc3[nH]cc(C#N)c23)[C@H](C2CC2)C1. The number of aromatic amines is 1. The van der Waals surface area contributed by atoms with Crippen molar-refractivity contribution < 1.29 is 9.53 Å². The van der Waals surface area contributed by atoms with Crippen LogP contribution in [0.1, 0.15) is 31.2 Å². The average Bonchev–Trinajstić information content (AvgIpc) is 3.21. The second-order valence-electron chi connectivity index (χ2n) is 8.76. The molecule has 9 heteroatoms. The smallest absolute Gasteiger partial charge is 0.232 e. The number of nitrogens with one attached hydrogen (secondary N) is 2. The number of carbonyl (C=O) groups is 1. The monoisotopic (exact) mass is 431 g/mol. The quantitative estimate of drug-likeness (QED) is 0.524. The Morgan fingerprint density at radius 2 is 2.28 bits per heavy atom. The number of H-pyrrole nitrogens is 1. The fourth-order valence-corrected chi connectivity index (χ4v) is 4.90. The number of anilines is 2. The van der Waals surface area contributed by atoms with Gasteiger partial charge in [-0.25, -0.2) is 0 Å². The summed E-state index contributed by atoms with van der Waals surface area (Å²) in [5, 5.41) is 17.4. The van der Waals surface area contributed by atoms with Gasteiger partial charge in [-0.2, -0.15) is 20.3 Å². The van der Waals surface area contributed by atoms with E-state index in [1.54, 1.807) is 17.1 Å². The van der Waals surface area contributed by atoms with Crippen LogP contribution in [0.4, 0.5) is 11.6 Å². The minimum absolute atomic E-state index is 0.0295. The van der Waals surface area contributed by atoms with E-state index in [2.05, 4.69) is 38.0 Å². The summed E-state index contributed by atoms with van der Waals surface area (Å²) >= 11 is 0. The lowest BCUT2D eigenvalue weighted by atomic mass is 9.92. The maximum atomic E-state index is 12.2. The molecule has 3 heterocycles. The van der Waals surface area contributed by atoms with Crippen molar-refractivity contribution >= 4 is 28.5 Å². The molecule has 0 bridgehead atoms. The molecule has 3 atom stereocenters. The lowest BCUT2D eigenvalue weighted by Gasteiger charge is -2.19. The third-order valence-electron chi connectivity index (χ3n) is 6.59. The number of aryl methyl sites for hydroxylation is 1. The lowest BCUT2D eigenvalue weighted by Crippen LogP contribution is -2.19. The van der Waals surface area contributed by atoms with E-state index in [0.717, 1.165) is 18.5 Å². The maximum Gasteiger partial charge on any atom is 0.232 e. The molecule has 3 aromatic rings. The van der Waals surface area contributed by atoms with Crippen LogP contribution in [0, 0.1) is 35.0 Å². The van der Waals surface area contributed by atoms with Gasteiger partial charge in [-0.1, -0.05) is 6.58 Å². The fourth-order valence-electron chi connectivity index (χ4n) is 4.90. The lowest BCUT2D eigenvalue weighted by molar-refractivity contribution is -0.118. The van der Waals surface area contributed by atoms with Crippen molar-refractivity contribution in [3.05, 3.63) is 36.8 Å². The van der Waals surface area contributed by atoms with Crippen LogP contribution in [-0.2, 0) is 11.8 Å². The zero-order chi connectivity index (χ0) is 22.2. The highest BCUT2D eigenvalue weighted by atomic mass is 16.5. The second kappa shape index (κ2) is 8.11. The molecule has 2 N–H and O–H groups in total. The number of allylic oxidation sites excluding steroid dienone is 1. The molecule has 32 heavy (non-hydrogen) atoms. The van der Waals surface area contributed by atoms with Gasteiger partial charge >= 0.3 is 0 Å². The molecule has 3 aromatic heterocycles. The van der Waals surface area contributed by atoms with E-state index in [1.807, 2.05) is 13.2 Å². The van der Waals surface area contributed by atoms with Crippen LogP contribution in [0.15, 0.2) is 31.2 Å². The molecule has 2 fully saturated rings. The zero-order valence-electron chi connectivity index (χ0n) is 17.9. The highest BCUT2D eigenvalue weighted by Crippen LogP contribution is 2.50. The number of rotatable bonds is 8. The Kier molecular flexibility index (Phi) is 5.13. The van der Waals surface area contributed by atoms with Gasteiger partial charge in [0.25, 0.3) is 0 Å². The first-order chi connectivity index (χ1) is 15.6. The largest absolute Gasteiger partial charge is 0.477 e. The van der Waals surface area contributed by atoms with Crippen molar-refractivity contribution in [2.24, 2.45) is 30.7 Å². The Bertz CT molecular complexity index is 1220. The van der Waals surface area contributed by atoms with E-state index in [0.29, 0.717) is 46.9 Å². The zero-order valence-corrected chi connectivity index (χ0v) is 17.9. The molecular weight excluding hydrogens is 406 g/mol. The third kappa shape index (κ3) is 3.84. The highest BCUT2D eigenvalue weighted by Gasteiger charge is 2.44. The molecule has 2 aliphatic carbocycles. The number of aromatic nitrogens is 5. The van der Waals surface area contributed by atoms with Crippen LogP contribution < -0.4 is 10.1 Å². The molecule has 0 aromatic carbocycles. The number of hydrogen-bond acceptors (Lipinski definition) is 7. The summed E-state index contributed by atoms with van der Waals surface area (Å²) in [5.74, 6) is 2.33. The molecule has 0 amide bonds. The highest BCUT2D eigenvalue weighted by molar-refractivity contribution is 5.91. The van der Waals surface area contributed by atoms with Crippen LogP contribution in [0.5, 0.6) is 5.88 Å². The normalized spacial score (nSPS) is 22.6. The number of carbonyl (C=O) groups excluding carboxylic acids is 1. The fraction of sp³-hybridized carbons (Fsp3) is 0.435. The minimum Gasteiger partial charge on any atom is -0.477 e. The summed E-state index contributed by atoms with van der Waals surface area (Å²) in [6.07, 6.45) is 10.7. The molecule has 1 unspecified atom stereocenters. The van der Waals surface area contributed by atoms with Crippen LogP contribution in [0.2, 0.25) is 0 Å². The van der Waals surface area contributed by atoms with Crippen LogP contribution in [-0.4, -0.2) is 37.1 Å². The summed E-state index contributed by atoms with van der Waals surface area (Å²) in [4.78, 5) is 24.3. The first kappa shape index (κ1) is 20.2. The van der Waals surface area contributed by atoms with Crippen LogP contribution in [0.3, 0.4) is 0 Å². The predicted molar refractivity (Wildman–Crippen MR) is 118 cm³/mol. The van der Waals surface area contributed by atoms with Crippen LogP contribution >= 0.6 is 0 Å². The Balaban J connectivity index is 1.41. The number of nitrogens with zero attached hydrogens (tertiary/aromatic N) is 5. The molecule has 0 saturated heterocycles. The molecule has 0 spiro atoms. The number of fused-ring (bicyclic) bond motifs is 1. The van der Waals surface area contributed by atoms with Crippen molar-refractivity contribution in [1.82, 2.24) is 24.7 Å². The maximum absolute atomic E-state index is 12.2. The van der Waals surface area contributed by atoms with E-state index in [-0.39, 0.29) is 17.6 Å². The first-order valence-electron chi connectivity index (χ1n) is 10.9. The second-order valence-corrected chi connectivity index (χ2v) is 8.76. The van der Waals surface area contributed by atoms with Gasteiger partial charge in [-0.3, -0.25) is 9.48 Å². The van der Waals surface area contributed by atoms with Gasteiger partial charge in [0, 0.05) is 25.4 Å². The molecule has 2 saturated carbocycles. The van der Waals surface area contributed by atoms with Gasteiger partial charge in [0.05, 0.1) is 29.4 Å². The van der Waals surface area contributed by atoms with Crippen molar-refractivity contribution in [1.29, 1.82) is 5.26 Å². The molecule has 0 aliphatic heterocycles. The van der Waals surface area contributed by atoms with Gasteiger partial charge in [0.2, 0.25) is 11.8 Å². The van der Waals surface area contributed by atoms with Crippen molar-refractivity contribution in [2.75, 3.05) is 11.9 Å². The van der Waals surface area contributed by atoms with E-state index < -0.39 is 0 Å². The number of hydrogen-bond donors (Lipinski definition) is 2. The topological polar surface area (TPSA) is 122 Å². The van der Waals surface area contributed by atoms with E-state index in [4.69, 9.17) is 4.74 Å². The summed E-state index contributed by atoms with van der Waals surface area (Å²) in [5.41, 5.74) is 1.72. The molecule has 164 valence electrons. The summed E-state index contributed by atoms with van der Waals surface area (Å²) in [6, 6.07) is 2.18. The van der Waals surface area contributed by atoms with Gasteiger partial charge in [-0.05, 0) is 49.5 Å². The molecule has 0 radical (unpaired) electrons. The average molecular weight is 432 g/mol. The molecule has 9 nitrogen and oxygen atoms in total. The summed E-state index contributed by atoms with van der Waals surface area (Å²) < 4.78 is 7.92. The summed E-state index contributed by atoms with van der Waals surface area (Å²) in [7, 11) is 1.83. The van der Waals surface area contributed by atoms with Gasteiger partial charge in [0.15, 0.2) is 5.78 Å². The van der Waals surface area contributed by atoms with Gasteiger partial charge < -0.3 is 15.0 Å². The van der Waals surface area contributed by atoms with Gasteiger partial charge in [0.1, 0.15) is 11.7 Å².